The van der Waals surface area contributed by atoms with Crippen molar-refractivity contribution < 1.29 is 14.4 Å². The maximum atomic E-state index is 12.5. The van der Waals surface area contributed by atoms with Crippen LogP contribution < -0.4 is 5.32 Å². The van der Waals surface area contributed by atoms with Crippen LogP contribution in [0.3, 0.4) is 0 Å². The van der Waals surface area contributed by atoms with Crippen LogP contribution in [-0.2, 0) is 0 Å². The van der Waals surface area contributed by atoms with Gasteiger partial charge >= 0.3 is 0 Å². The number of thiazole rings is 1. The number of amides is 3. The molecule has 0 atom stereocenters. The van der Waals surface area contributed by atoms with Gasteiger partial charge in [-0.3, -0.25) is 24.6 Å². The number of fused-ring (bicyclic) bond motifs is 1. The first-order valence-electron chi connectivity index (χ1n) is 7.93. The van der Waals surface area contributed by atoms with E-state index in [4.69, 9.17) is 0 Å². The van der Waals surface area contributed by atoms with Gasteiger partial charge in [0.05, 0.1) is 16.8 Å². The predicted molar refractivity (Wildman–Crippen MR) is 106 cm³/mol. The molecule has 6 nitrogen and oxygen atoms in total. The zero-order valence-electron chi connectivity index (χ0n) is 14.0. The fourth-order valence-corrected chi connectivity index (χ4v) is 3.74. The summed E-state index contributed by atoms with van der Waals surface area (Å²) in [5.41, 5.74) is 2.56. The molecule has 1 aromatic heterocycles. The van der Waals surface area contributed by atoms with E-state index in [-0.39, 0.29) is 17.4 Å². The number of nitrogens with one attached hydrogen (secondary N) is 1. The van der Waals surface area contributed by atoms with Gasteiger partial charge in [-0.05, 0) is 30.3 Å². The monoisotopic (exact) mass is 441 g/mol. The summed E-state index contributed by atoms with van der Waals surface area (Å²) in [4.78, 5) is 42.0. The molecule has 0 saturated carbocycles. The Morgan fingerprint density at radius 3 is 2.52 bits per heavy atom. The summed E-state index contributed by atoms with van der Waals surface area (Å²) in [5.74, 6) is -1.15. The smallest absolute Gasteiger partial charge is 0.261 e. The van der Waals surface area contributed by atoms with E-state index in [0.29, 0.717) is 16.3 Å². The van der Waals surface area contributed by atoms with Gasteiger partial charge in [0.2, 0.25) is 0 Å². The molecule has 2 aromatic carbocycles. The lowest BCUT2D eigenvalue weighted by atomic mass is 10.1. The van der Waals surface area contributed by atoms with Crippen LogP contribution in [0.1, 0.15) is 31.1 Å². The van der Waals surface area contributed by atoms with E-state index in [2.05, 4.69) is 26.2 Å². The van der Waals surface area contributed by atoms with E-state index in [9.17, 15) is 14.4 Å². The van der Waals surface area contributed by atoms with Crippen molar-refractivity contribution in [2.75, 3.05) is 12.4 Å². The Kier molecular flexibility index (Phi) is 4.37. The molecule has 27 heavy (non-hydrogen) atoms. The summed E-state index contributed by atoms with van der Waals surface area (Å²) in [6.45, 7) is 0. The van der Waals surface area contributed by atoms with Gasteiger partial charge in [-0.1, -0.05) is 28.1 Å². The Hall–Kier alpha value is -2.84. The number of halogens is 1. The normalized spacial score (nSPS) is 13.0. The summed E-state index contributed by atoms with van der Waals surface area (Å²) < 4.78 is 0.977. The average molecular weight is 442 g/mol. The number of anilines is 1. The highest BCUT2D eigenvalue weighted by Crippen LogP contribution is 2.27. The Labute approximate surface area is 167 Å². The molecular formula is C19H12BrN3O3S. The number of hydrogen-bond acceptors (Lipinski definition) is 5. The second-order valence-corrected chi connectivity index (χ2v) is 7.70. The Bertz CT molecular complexity index is 1090. The third-order valence-corrected chi connectivity index (χ3v) is 5.50. The van der Waals surface area contributed by atoms with E-state index in [1.54, 1.807) is 0 Å². The molecule has 2 heterocycles. The largest absolute Gasteiger partial charge is 0.298 e. The van der Waals surface area contributed by atoms with Gasteiger partial charge in [-0.2, -0.15) is 0 Å². The van der Waals surface area contributed by atoms with E-state index in [1.165, 1.54) is 36.6 Å². The van der Waals surface area contributed by atoms with Gasteiger partial charge in [0, 0.05) is 28.0 Å². The van der Waals surface area contributed by atoms with Gasteiger partial charge in [0.15, 0.2) is 5.13 Å². The highest BCUT2D eigenvalue weighted by Gasteiger charge is 2.33. The maximum Gasteiger partial charge on any atom is 0.261 e. The minimum Gasteiger partial charge on any atom is -0.298 e. The Morgan fingerprint density at radius 1 is 1.07 bits per heavy atom. The zero-order valence-corrected chi connectivity index (χ0v) is 16.4. The van der Waals surface area contributed by atoms with Gasteiger partial charge in [-0.25, -0.2) is 4.98 Å². The molecule has 1 aliphatic heterocycles. The SMILES string of the molecule is CN1C(=O)c2ccc(C(=O)Nc3nc(-c4ccc(Br)cc4)cs3)cc2C1=O. The number of carbonyl (C=O) groups excluding carboxylic acids is 3. The van der Waals surface area contributed by atoms with Crippen molar-refractivity contribution in [1.29, 1.82) is 0 Å². The van der Waals surface area contributed by atoms with E-state index >= 15 is 0 Å². The minimum atomic E-state index is -0.406. The average Bonchev–Trinajstić information content (AvgIpc) is 3.22. The molecule has 0 fully saturated rings. The van der Waals surface area contributed by atoms with Crippen LogP contribution in [0, 0.1) is 0 Å². The molecule has 8 heteroatoms. The van der Waals surface area contributed by atoms with Crippen molar-refractivity contribution >= 4 is 50.1 Å². The maximum absolute atomic E-state index is 12.5. The van der Waals surface area contributed by atoms with Crippen LogP contribution in [0.2, 0.25) is 0 Å². The van der Waals surface area contributed by atoms with Crippen LogP contribution in [0.15, 0.2) is 52.3 Å². The third kappa shape index (κ3) is 3.17. The fourth-order valence-electron chi connectivity index (χ4n) is 2.76. The van der Waals surface area contributed by atoms with Crippen molar-refractivity contribution in [1.82, 2.24) is 9.88 Å². The van der Waals surface area contributed by atoms with Crippen LogP contribution in [-0.4, -0.2) is 34.7 Å². The topological polar surface area (TPSA) is 79.4 Å². The molecule has 0 bridgehead atoms. The number of nitrogens with zero attached hydrogens (tertiary/aromatic N) is 2. The zero-order chi connectivity index (χ0) is 19.1. The van der Waals surface area contributed by atoms with Crippen molar-refractivity contribution in [3.63, 3.8) is 0 Å². The van der Waals surface area contributed by atoms with Crippen molar-refractivity contribution in [2.24, 2.45) is 0 Å². The highest BCUT2D eigenvalue weighted by atomic mass is 79.9. The summed E-state index contributed by atoms with van der Waals surface area (Å²) in [5, 5.41) is 5.05. The summed E-state index contributed by atoms with van der Waals surface area (Å²) in [6.07, 6.45) is 0. The Balaban J connectivity index is 1.55. The minimum absolute atomic E-state index is 0.241. The van der Waals surface area contributed by atoms with Crippen molar-refractivity contribution in [3.8, 4) is 11.3 Å². The van der Waals surface area contributed by atoms with Crippen LogP contribution in [0.4, 0.5) is 5.13 Å². The summed E-state index contributed by atoms with van der Waals surface area (Å²) in [6, 6.07) is 12.2. The molecule has 0 aliphatic carbocycles. The number of benzene rings is 2. The number of imide groups is 1. The van der Waals surface area contributed by atoms with Crippen LogP contribution in [0.5, 0.6) is 0 Å². The fraction of sp³-hybridized carbons (Fsp3) is 0.0526. The standard InChI is InChI=1S/C19H12BrN3O3S/c1-23-17(25)13-7-4-11(8-14(13)18(23)26)16(24)22-19-21-15(9-27-19)10-2-5-12(20)6-3-10/h2-9H,1H3,(H,21,22,24). The predicted octanol–water partition coefficient (Wildman–Crippen LogP) is 4.05. The molecule has 0 saturated heterocycles. The van der Waals surface area contributed by atoms with Crippen LogP contribution >= 0.6 is 27.3 Å². The molecule has 1 N–H and O–H groups in total. The van der Waals surface area contributed by atoms with Crippen molar-refractivity contribution in [3.05, 3.63) is 69.0 Å². The quantitative estimate of drug-likeness (QED) is 0.621. The summed E-state index contributed by atoms with van der Waals surface area (Å²) in [7, 11) is 1.42. The van der Waals surface area contributed by atoms with E-state index in [0.717, 1.165) is 20.6 Å². The van der Waals surface area contributed by atoms with Gasteiger partial charge < -0.3 is 0 Å². The number of rotatable bonds is 3. The second kappa shape index (κ2) is 6.71. The molecule has 4 rings (SSSR count). The lowest BCUT2D eigenvalue weighted by molar-refractivity contribution is 0.0693. The second-order valence-electron chi connectivity index (χ2n) is 5.93. The molecule has 0 unspecified atom stereocenters. The van der Waals surface area contributed by atoms with Crippen LogP contribution in [0.25, 0.3) is 11.3 Å². The first-order valence-corrected chi connectivity index (χ1v) is 9.60. The van der Waals surface area contributed by atoms with E-state index < -0.39 is 5.91 Å². The highest BCUT2D eigenvalue weighted by molar-refractivity contribution is 9.10. The van der Waals surface area contributed by atoms with Gasteiger partial charge in [0.25, 0.3) is 17.7 Å². The molecule has 134 valence electrons. The first kappa shape index (κ1) is 17.6. The molecular weight excluding hydrogens is 430 g/mol. The first-order chi connectivity index (χ1) is 12.9. The van der Waals surface area contributed by atoms with E-state index in [1.807, 2.05) is 29.6 Å². The lowest BCUT2D eigenvalue weighted by Gasteiger charge is -2.03. The molecule has 0 spiro atoms. The number of aromatic nitrogens is 1. The van der Waals surface area contributed by atoms with Crippen molar-refractivity contribution in [2.45, 2.75) is 0 Å². The third-order valence-electron chi connectivity index (χ3n) is 4.22. The molecule has 3 amide bonds. The Morgan fingerprint density at radius 2 is 1.78 bits per heavy atom. The number of carbonyl (C=O) groups is 3. The summed E-state index contributed by atoms with van der Waals surface area (Å²) >= 11 is 4.71. The number of hydrogen-bond donors (Lipinski definition) is 1. The van der Waals surface area contributed by atoms with Gasteiger partial charge in [-0.15, -0.1) is 11.3 Å². The lowest BCUT2D eigenvalue weighted by Crippen LogP contribution is -2.24. The van der Waals surface area contributed by atoms with Gasteiger partial charge in [0.1, 0.15) is 0 Å². The molecule has 0 radical (unpaired) electrons. The molecule has 1 aliphatic rings. The molecule has 3 aromatic rings.